The van der Waals surface area contributed by atoms with E-state index in [2.05, 4.69) is 5.32 Å². The molecule has 3 unspecified atom stereocenters. The monoisotopic (exact) mass is 353 g/mol. The zero-order valence-corrected chi connectivity index (χ0v) is 14.4. The van der Waals surface area contributed by atoms with Crippen LogP contribution in [-0.2, 0) is 4.74 Å². The largest absolute Gasteiger partial charge is 0.444 e. The fourth-order valence-corrected chi connectivity index (χ4v) is 3.60. The number of hydrogen-bond acceptors (Lipinski definition) is 3. The third-order valence-corrected chi connectivity index (χ3v) is 4.26. The molecular weight excluding hydrogens is 331 g/mol. The van der Waals surface area contributed by atoms with E-state index in [4.69, 9.17) is 17.0 Å². The van der Waals surface area contributed by atoms with Gasteiger partial charge in [0, 0.05) is 13.1 Å². The molecule has 2 rings (SSSR count). The summed E-state index contributed by atoms with van der Waals surface area (Å²) in [6, 6.07) is -3.20. The molecule has 1 N–H and O–H groups in total. The first-order chi connectivity index (χ1) is 10.5. The van der Waals surface area contributed by atoms with E-state index in [0.29, 0.717) is 6.54 Å². The summed E-state index contributed by atoms with van der Waals surface area (Å²) in [4.78, 5) is 14.6. The van der Waals surface area contributed by atoms with Crippen molar-refractivity contribution in [3.63, 3.8) is 0 Å². The van der Waals surface area contributed by atoms with Crippen LogP contribution < -0.4 is 5.32 Å². The lowest BCUT2D eigenvalue weighted by atomic mass is 10.1. The maximum atomic E-state index is 13.5. The molecule has 132 valence electrons. The van der Waals surface area contributed by atoms with Crippen LogP contribution in [-0.4, -0.2) is 64.0 Å². The summed E-state index contributed by atoms with van der Waals surface area (Å²) in [7, 11) is 0. The van der Waals surface area contributed by atoms with Gasteiger partial charge in [-0.1, -0.05) is 0 Å². The summed E-state index contributed by atoms with van der Waals surface area (Å²) >= 11 is 5.09. The molecule has 0 aromatic rings. The Morgan fingerprint density at radius 1 is 1.35 bits per heavy atom. The van der Waals surface area contributed by atoms with Gasteiger partial charge in [-0.3, -0.25) is 0 Å². The lowest BCUT2D eigenvalue weighted by Gasteiger charge is -2.42. The first-order valence-electron chi connectivity index (χ1n) is 7.58. The molecule has 1 amide bonds. The number of fused-ring (bicyclic) bond motifs is 2. The summed E-state index contributed by atoms with van der Waals surface area (Å²) in [6.45, 7) is 7.48. The Bertz CT molecular complexity index is 493. The van der Waals surface area contributed by atoms with Gasteiger partial charge in [0.2, 0.25) is 0 Å². The highest BCUT2D eigenvalue weighted by atomic mass is 32.1. The van der Waals surface area contributed by atoms with Crippen LogP contribution in [0.25, 0.3) is 0 Å². The molecule has 0 radical (unpaired) electrons. The number of halogens is 3. The van der Waals surface area contributed by atoms with Crippen LogP contribution in [0.2, 0.25) is 0 Å². The summed E-state index contributed by atoms with van der Waals surface area (Å²) < 4.78 is 45.8. The number of ether oxygens (including phenoxy) is 1. The van der Waals surface area contributed by atoms with Gasteiger partial charge in [0.05, 0.1) is 12.1 Å². The Labute approximate surface area is 139 Å². The zero-order chi connectivity index (χ0) is 17.6. The van der Waals surface area contributed by atoms with Gasteiger partial charge < -0.3 is 19.9 Å². The van der Waals surface area contributed by atoms with Gasteiger partial charge in [0.25, 0.3) is 0 Å². The number of carbonyl (C=O) groups is 1. The molecule has 2 aliphatic heterocycles. The Morgan fingerprint density at radius 2 is 1.96 bits per heavy atom. The van der Waals surface area contributed by atoms with Crippen molar-refractivity contribution < 1.29 is 22.7 Å². The van der Waals surface area contributed by atoms with Crippen LogP contribution in [0.5, 0.6) is 0 Å². The van der Waals surface area contributed by atoms with Crippen LogP contribution >= 0.6 is 12.2 Å². The van der Waals surface area contributed by atoms with Gasteiger partial charge in [-0.25, -0.2) is 4.79 Å². The molecule has 2 bridgehead atoms. The number of carbonyl (C=O) groups excluding carboxylic acids is 1. The van der Waals surface area contributed by atoms with Crippen molar-refractivity contribution in [2.45, 2.75) is 64.0 Å². The van der Waals surface area contributed by atoms with Crippen LogP contribution in [0, 0.1) is 0 Å². The Morgan fingerprint density at radius 3 is 2.43 bits per heavy atom. The normalized spacial score (nSPS) is 27.3. The van der Waals surface area contributed by atoms with E-state index in [1.807, 2.05) is 0 Å². The number of nitrogens with one attached hydrogen (secondary N) is 1. The van der Waals surface area contributed by atoms with Crippen molar-refractivity contribution in [1.82, 2.24) is 15.1 Å². The van der Waals surface area contributed by atoms with E-state index in [1.54, 1.807) is 27.7 Å². The second kappa shape index (κ2) is 5.99. The minimum absolute atomic E-state index is 0.0890. The molecule has 2 saturated heterocycles. The SMILES string of the molecule is CCNC(=S)N1C2CC(C1C(F)(F)F)N(C(=O)OC(C)(C)C)C2. The molecule has 5 nitrogen and oxygen atoms in total. The van der Waals surface area contributed by atoms with E-state index >= 15 is 0 Å². The second-order valence-electron chi connectivity index (χ2n) is 6.82. The van der Waals surface area contributed by atoms with Gasteiger partial charge in [0.15, 0.2) is 5.11 Å². The molecule has 0 spiro atoms. The molecule has 23 heavy (non-hydrogen) atoms. The predicted octanol–water partition coefficient (Wildman–Crippen LogP) is 2.51. The third-order valence-electron chi connectivity index (χ3n) is 3.90. The lowest BCUT2D eigenvalue weighted by Crippen LogP contribution is -2.63. The molecule has 0 aromatic carbocycles. The first-order valence-corrected chi connectivity index (χ1v) is 7.99. The predicted molar refractivity (Wildman–Crippen MR) is 83.1 cm³/mol. The number of hydrogen-bond donors (Lipinski definition) is 1. The van der Waals surface area contributed by atoms with Crippen molar-refractivity contribution >= 4 is 23.4 Å². The molecule has 3 atom stereocenters. The van der Waals surface area contributed by atoms with Crippen LogP contribution in [0.1, 0.15) is 34.1 Å². The van der Waals surface area contributed by atoms with Gasteiger partial charge in [-0.05, 0) is 46.3 Å². The zero-order valence-electron chi connectivity index (χ0n) is 13.6. The van der Waals surface area contributed by atoms with E-state index in [1.165, 1.54) is 9.80 Å². The van der Waals surface area contributed by atoms with E-state index in [9.17, 15) is 18.0 Å². The number of thiocarbonyl (C=S) groups is 1. The molecule has 0 saturated carbocycles. The van der Waals surface area contributed by atoms with Crippen molar-refractivity contribution in [1.29, 1.82) is 0 Å². The number of nitrogens with zero attached hydrogens (tertiary/aromatic N) is 2. The maximum Gasteiger partial charge on any atom is 0.410 e. The van der Waals surface area contributed by atoms with Gasteiger partial charge >= 0.3 is 12.3 Å². The number of piperazine rings is 1. The Kier molecular flexibility index (Phi) is 4.71. The molecule has 0 aliphatic carbocycles. The summed E-state index contributed by atoms with van der Waals surface area (Å²) in [5.74, 6) is 0. The van der Waals surface area contributed by atoms with Crippen molar-refractivity contribution in [2.75, 3.05) is 13.1 Å². The quantitative estimate of drug-likeness (QED) is 0.734. The van der Waals surface area contributed by atoms with Crippen LogP contribution in [0.3, 0.4) is 0 Å². The minimum Gasteiger partial charge on any atom is -0.444 e. The number of alkyl halides is 3. The number of amides is 1. The fraction of sp³-hybridized carbons (Fsp3) is 0.857. The molecule has 9 heteroatoms. The second-order valence-corrected chi connectivity index (χ2v) is 7.21. The number of rotatable bonds is 1. The average molecular weight is 353 g/mol. The minimum atomic E-state index is -4.47. The highest BCUT2D eigenvalue weighted by molar-refractivity contribution is 7.80. The van der Waals surface area contributed by atoms with E-state index in [0.717, 1.165) is 0 Å². The molecule has 0 aromatic heterocycles. The topological polar surface area (TPSA) is 44.8 Å². The Hall–Kier alpha value is -1.25. The highest BCUT2D eigenvalue weighted by Gasteiger charge is 2.62. The third kappa shape index (κ3) is 3.64. The van der Waals surface area contributed by atoms with Crippen molar-refractivity contribution in [3.8, 4) is 0 Å². The maximum absolute atomic E-state index is 13.5. The van der Waals surface area contributed by atoms with Crippen molar-refractivity contribution in [2.24, 2.45) is 0 Å². The first kappa shape index (κ1) is 18.1. The molecule has 2 aliphatic rings. The van der Waals surface area contributed by atoms with Gasteiger partial charge in [-0.2, -0.15) is 13.2 Å². The number of likely N-dealkylation sites (tertiary alicyclic amines) is 2. The molecule has 2 heterocycles. The van der Waals surface area contributed by atoms with E-state index in [-0.39, 0.29) is 18.1 Å². The standard InChI is InChI=1S/C14H22F3N3O2S/c1-5-18-11(23)20-8-6-9(10(20)14(15,16)17)19(7-8)12(21)22-13(2,3)4/h8-10H,5-7H2,1-4H3,(H,18,23). The van der Waals surface area contributed by atoms with Crippen LogP contribution in [0.15, 0.2) is 0 Å². The summed E-state index contributed by atoms with van der Waals surface area (Å²) in [6.07, 6.45) is -4.93. The van der Waals surface area contributed by atoms with Gasteiger partial charge in [0.1, 0.15) is 11.6 Å². The summed E-state index contributed by atoms with van der Waals surface area (Å²) in [5.41, 5.74) is -0.745. The van der Waals surface area contributed by atoms with Crippen LogP contribution in [0.4, 0.5) is 18.0 Å². The van der Waals surface area contributed by atoms with E-state index < -0.39 is 36.0 Å². The molecule has 2 fully saturated rings. The van der Waals surface area contributed by atoms with Gasteiger partial charge in [-0.15, -0.1) is 0 Å². The average Bonchev–Trinajstić information content (AvgIpc) is 2.93. The smallest absolute Gasteiger partial charge is 0.410 e. The summed E-state index contributed by atoms with van der Waals surface area (Å²) in [5, 5.41) is 2.87. The van der Waals surface area contributed by atoms with Crippen molar-refractivity contribution in [3.05, 3.63) is 0 Å². The highest BCUT2D eigenvalue weighted by Crippen LogP contribution is 2.43. The Balaban J connectivity index is 2.21. The lowest BCUT2D eigenvalue weighted by molar-refractivity contribution is -0.186. The fourth-order valence-electron chi connectivity index (χ4n) is 3.20. The molecular formula is C14H22F3N3O2S.